The molecule has 0 aliphatic rings. The Kier molecular flexibility index (Phi) is 5.62. The van der Waals surface area contributed by atoms with E-state index in [2.05, 4.69) is 20.7 Å². The molecule has 0 aliphatic heterocycles. The number of carbonyl (C=O) groups excluding carboxylic acids is 1. The van der Waals surface area contributed by atoms with Crippen molar-refractivity contribution in [2.45, 2.75) is 4.90 Å². The van der Waals surface area contributed by atoms with Crippen molar-refractivity contribution >= 4 is 31.9 Å². The zero-order chi connectivity index (χ0) is 19.4. The molecule has 7 heteroatoms. The third kappa shape index (κ3) is 4.20. The fourth-order valence-corrected chi connectivity index (χ4v) is 4.59. The summed E-state index contributed by atoms with van der Waals surface area (Å²) in [4.78, 5) is 12.5. The van der Waals surface area contributed by atoms with Gasteiger partial charge in [-0.05, 0) is 51.8 Å². The van der Waals surface area contributed by atoms with Crippen LogP contribution < -0.4 is 9.46 Å². The van der Waals surface area contributed by atoms with Gasteiger partial charge in [0.15, 0.2) is 0 Å². The molecular weight excluding hydrogens is 430 g/mol. The van der Waals surface area contributed by atoms with Crippen LogP contribution in [0.25, 0.3) is 11.1 Å². The molecule has 1 amide bonds. The number of halogens is 1. The number of hydrogen-bond acceptors (Lipinski definition) is 4. The largest absolute Gasteiger partial charge is 0.496 e. The number of hydrogen-bond donors (Lipinski definition) is 1. The van der Waals surface area contributed by atoms with E-state index in [-0.39, 0.29) is 10.5 Å². The average molecular weight is 446 g/mol. The van der Waals surface area contributed by atoms with Crippen molar-refractivity contribution in [2.75, 3.05) is 7.11 Å². The number of sulfonamides is 1. The van der Waals surface area contributed by atoms with Crippen LogP contribution in [0.4, 0.5) is 0 Å². The van der Waals surface area contributed by atoms with Crippen LogP contribution in [0.2, 0.25) is 0 Å². The zero-order valence-corrected chi connectivity index (χ0v) is 16.7. The van der Waals surface area contributed by atoms with Crippen molar-refractivity contribution in [3.05, 3.63) is 82.8 Å². The summed E-state index contributed by atoms with van der Waals surface area (Å²) in [5.41, 5.74) is 1.79. The number of para-hydroxylation sites is 1. The van der Waals surface area contributed by atoms with E-state index in [1.165, 1.54) is 6.07 Å². The molecular formula is C20H16BrNO4S. The summed E-state index contributed by atoms with van der Waals surface area (Å²) in [5.74, 6) is -0.0432. The molecule has 0 aliphatic carbocycles. The lowest BCUT2D eigenvalue weighted by molar-refractivity contribution is 0.0981. The van der Waals surface area contributed by atoms with E-state index in [1.54, 1.807) is 43.5 Å². The van der Waals surface area contributed by atoms with Crippen LogP contribution >= 0.6 is 15.9 Å². The molecule has 1 N–H and O–H groups in total. The van der Waals surface area contributed by atoms with Crippen LogP contribution in [0.3, 0.4) is 0 Å². The summed E-state index contributed by atoms with van der Waals surface area (Å²) >= 11 is 3.19. The number of nitrogens with one attached hydrogen (secondary N) is 1. The molecule has 0 fully saturated rings. The Hall–Kier alpha value is -2.64. The maximum atomic E-state index is 12.5. The molecule has 0 aromatic heterocycles. The first-order chi connectivity index (χ1) is 12.9. The highest BCUT2D eigenvalue weighted by Crippen LogP contribution is 2.30. The number of amides is 1. The summed E-state index contributed by atoms with van der Waals surface area (Å²) in [6.07, 6.45) is 0. The Balaban J connectivity index is 1.91. The van der Waals surface area contributed by atoms with Crippen molar-refractivity contribution in [1.82, 2.24) is 4.72 Å². The number of methoxy groups -OCH3 is 1. The van der Waals surface area contributed by atoms with Crippen LogP contribution in [0.1, 0.15) is 10.4 Å². The van der Waals surface area contributed by atoms with E-state index >= 15 is 0 Å². The molecule has 0 saturated carbocycles. The lowest BCUT2D eigenvalue weighted by Crippen LogP contribution is -2.30. The number of carbonyl (C=O) groups is 1. The summed E-state index contributed by atoms with van der Waals surface area (Å²) in [5, 5.41) is 0. The monoisotopic (exact) mass is 445 g/mol. The number of rotatable bonds is 5. The Labute approximate surface area is 166 Å². The number of ether oxygens (including phenoxy) is 1. The van der Waals surface area contributed by atoms with Crippen LogP contribution in [0, 0.1) is 0 Å². The molecule has 3 aromatic carbocycles. The van der Waals surface area contributed by atoms with Crippen molar-refractivity contribution in [3.63, 3.8) is 0 Å². The van der Waals surface area contributed by atoms with Gasteiger partial charge in [-0.25, -0.2) is 13.1 Å². The van der Waals surface area contributed by atoms with Gasteiger partial charge >= 0.3 is 0 Å². The molecule has 0 spiro atoms. The van der Waals surface area contributed by atoms with E-state index in [4.69, 9.17) is 4.74 Å². The fourth-order valence-electron chi connectivity index (χ4n) is 2.61. The second kappa shape index (κ2) is 7.94. The normalized spacial score (nSPS) is 11.0. The predicted octanol–water partition coefficient (Wildman–Crippen LogP) is 4.24. The quantitative estimate of drug-likeness (QED) is 0.637. The first-order valence-corrected chi connectivity index (χ1v) is 10.2. The molecule has 0 unspecified atom stereocenters. The lowest BCUT2D eigenvalue weighted by atomic mass is 10.0. The molecule has 27 heavy (non-hydrogen) atoms. The first kappa shape index (κ1) is 19.1. The van der Waals surface area contributed by atoms with Crippen LogP contribution in [0.5, 0.6) is 5.75 Å². The van der Waals surface area contributed by atoms with E-state index in [9.17, 15) is 13.2 Å². The van der Waals surface area contributed by atoms with Gasteiger partial charge in [-0.15, -0.1) is 0 Å². The molecule has 138 valence electrons. The van der Waals surface area contributed by atoms with Gasteiger partial charge in [-0.2, -0.15) is 0 Å². The second-order valence-corrected chi connectivity index (χ2v) is 8.15. The standard InChI is InChI=1S/C20H16BrNO4S/c1-26-18-11-4-2-9-16(18)14-7-6-8-15(13-14)20(23)22-27(24,25)19-12-5-3-10-17(19)21/h2-13H,1H3,(H,22,23). The molecule has 0 radical (unpaired) electrons. The van der Waals surface area contributed by atoms with Gasteiger partial charge in [0, 0.05) is 15.6 Å². The molecule has 0 atom stereocenters. The van der Waals surface area contributed by atoms with Gasteiger partial charge in [-0.3, -0.25) is 4.79 Å². The van der Waals surface area contributed by atoms with Crippen molar-refractivity contribution in [1.29, 1.82) is 0 Å². The van der Waals surface area contributed by atoms with E-state index in [0.29, 0.717) is 10.2 Å². The minimum atomic E-state index is -4.00. The van der Waals surface area contributed by atoms with Crippen molar-refractivity contribution in [2.24, 2.45) is 0 Å². The SMILES string of the molecule is COc1ccccc1-c1cccc(C(=O)NS(=O)(=O)c2ccccc2Br)c1. The highest BCUT2D eigenvalue weighted by molar-refractivity contribution is 9.10. The fraction of sp³-hybridized carbons (Fsp3) is 0.0500. The lowest BCUT2D eigenvalue weighted by Gasteiger charge is -2.11. The Morgan fingerprint density at radius 3 is 2.41 bits per heavy atom. The smallest absolute Gasteiger partial charge is 0.265 e. The van der Waals surface area contributed by atoms with Crippen molar-refractivity contribution in [3.8, 4) is 16.9 Å². The average Bonchev–Trinajstić information content (AvgIpc) is 2.68. The molecule has 5 nitrogen and oxygen atoms in total. The second-order valence-electron chi connectivity index (χ2n) is 5.65. The highest BCUT2D eigenvalue weighted by Gasteiger charge is 2.21. The minimum absolute atomic E-state index is 0.000710. The highest BCUT2D eigenvalue weighted by atomic mass is 79.9. The van der Waals surface area contributed by atoms with Crippen LogP contribution in [-0.4, -0.2) is 21.4 Å². The summed E-state index contributed by atoms with van der Waals surface area (Å²) < 4.78 is 32.9. The third-order valence-corrected chi connectivity index (χ3v) is 6.24. The summed E-state index contributed by atoms with van der Waals surface area (Å²) in [6.45, 7) is 0. The van der Waals surface area contributed by atoms with Gasteiger partial charge in [-0.1, -0.05) is 42.5 Å². The van der Waals surface area contributed by atoms with Gasteiger partial charge in [0.2, 0.25) is 0 Å². The predicted molar refractivity (Wildman–Crippen MR) is 107 cm³/mol. The van der Waals surface area contributed by atoms with Gasteiger partial charge in [0.25, 0.3) is 15.9 Å². The van der Waals surface area contributed by atoms with E-state index in [1.807, 2.05) is 30.3 Å². The molecule has 0 bridgehead atoms. The van der Waals surface area contributed by atoms with Crippen LogP contribution in [0.15, 0.2) is 82.2 Å². The van der Waals surface area contributed by atoms with Gasteiger partial charge in [0.1, 0.15) is 10.6 Å². The third-order valence-electron chi connectivity index (χ3n) is 3.90. The molecule has 0 saturated heterocycles. The maximum Gasteiger partial charge on any atom is 0.265 e. The Morgan fingerprint density at radius 1 is 0.963 bits per heavy atom. The topological polar surface area (TPSA) is 72.5 Å². The molecule has 3 rings (SSSR count). The first-order valence-electron chi connectivity index (χ1n) is 7.97. The van der Waals surface area contributed by atoms with Crippen LogP contribution in [-0.2, 0) is 10.0 Å². The van der Waals surface area contributed by atoms with E-state index in [0.717, 1.165) is 11.1 Å². The maximum absolute atomic E-state index is 12.5. The molecule has 3 aromatic rings. The van der Waals surface area contributed by atoms with Gasteiger partial charge in [0.05, 0.1) is 7.11 Å². The summed E-state index contributed by atoms with van der Waals surface area (Å²) in [6, 6.07) is 20.4. The Bertz CT molecular complexity index is 1100. The Morgan fingerprint density at radius 2 is 1.67 bits per heavy atom. The number of benzene rings is 3. The minimum Gasteiger partial charge on any atom is -0.496 e. The zero-order valence-electron chi connectivity index (χ0n) is 14.3. The van der Waals surface area contributed by atoms with E-state index < -0.39 is 15.9 Å². The molecule has 0 heterocycles. The summed E-state index contributed by atoms with van der Waals surface area (Å²) in [7, 11) is -2.43. The van der Waals surface area contributed by atoms with Crippen molar-refractivity contribution < 1.29 is 17.9 Å². The van der Waals surface area contributed by atoms with Gasteiger partial charge < -0.3 is 4.74 Å².